The van der Waals surface area contributed by atoms with E-state index >= 15 is 0 Å². The largest absolute Gasteiger partial charge is 0.472 e. The summed E-state index contributed by atoms with van der Waals surface area (Å²) < 4.78 is 32.5. The highest BCUT2D eigenvalue weighted by Gasteiger charge is 2.27. The van der Waals surface area contributed by atoms with E-state index in [4.69, 9.17) is 19.1 Å². The van der Waals surface area contributed by atoms with E-state index < -0.39 is 70.6 Å². The Morgan fingerprint density at radius 2 is 1.12 bits per heavy atom. The van der Waals surface area contributed by atoms with E-state index in [1.54, 1.807) is 0 Å². The number of ether oxygens (including phenoxy) is 2. The highest BCUT2D eigenvalue weighted by atomic mass is 31.2. The minimum atomic E-state index is -4.71. The van der Waals surface area contributed by atoms with E-state index in [0.29, 0.717) is 6.42 Å². The number of aliphatic hydroxyl groups is 4. The van der Waals surface area contributed by atoms with Crippen LogP contribution in [0.1, 0.15) is 142 Å². The van der Waals surface area contributed by atoms with E-state index in [1.807, 2.05) is 18.2 Å². The van der Waals surface area contributed by atoms with Crippen molar-refractivity contribution >= 4 is 19.8 Å². The van der Waals surface area contributed by atoms with Gasteiger partial charge in [-0.05, 0) is 83.5 Å². The fraction of sp³-hybridized carbons (Fsp3) is 0.682. The molecule has 0 saturated carbocycles. The van der Waals surface area contributed by atoms with Crippen LogP contribution in [0.5, 0.6) is 0 Å². The third-order valence-corrected chi connectivity index (χ3v) is 9.50. The summed E-state index contributed by atoms with van der Waals surface area (Å²) in [5, 5.41) is 39.0. The van der Waals surface area contributed by atoms with E-state index in [9.17, 15) is 34.4 Å². The van der Waals surface area contributed by atoms with Crippen LogP contribution in [-0.4, -0.2) is 88.1 Å². The molecule has 0 aliphatic heterocycles. The average molecular weight is 827 g/mol. The van der Waals surface area contributed by atoms with Gasteiger partial charge in [0.25, 0.3) is 0 Å². The Hall–Kier alpha value is -2.67. The highest BCUT2D eigenvalue weighted by molar-refractivity contribution is 7.47. The van der Waals surface area contributed by atoms with Crippen LogP contribution in [0.25, 0.3) is 0 Å². The zero-order valence-electron chi connectivity index (χ0n) is 34.7. The first-order chi connectivity index (χ1) is 27.5. The topological polar surface area (TPSA) is 189 Å². The van der Waals surface area contributed by atoms with Gasteiger partial charge < -0.3 is 34.8 Å². The molecule has 0 aromatic heterocycles. The molecule has 0 fully saturated rings. The number of unbranched alkanes of at least 4 members (excludes halogenated alkanes) is 8. The molecule has 0 aromatic rings. The molecule has 0 aliphatic carbocycles. The number of carbonyl (C=O) groups is 2. The maximum Gasteiger partial charge on any atom is 0.472 e. The molecule has 0 amide bonds. The van der Waals surface area contributed by atoms with E-state index in [2.05, 4.69) is 73.1 Å². The van der Waals surface area contributed by atoms with Crippen molar-refractivity contribution < 1.29 is 58.0 Å². The molecular weight excluding hydrogens is 751 g/mol. The van der Waals surface area contributed by atoms with Gasteiger partial charge in [0.1, 0.15) is 12.7 Å². The van der Waals surface area contributed by atoms with Crippen molar-refractivity contribution in [2.45, 2.75) is 167 Å². The van der Waals surface area contributed by atoms with Crippen LogP contribution in [-0.2, 0) is 32.7 Å². The first-order valence-electron chi connectivity index (χ1n) is 21.1. The maximum atomic E-state index is 12.6. The molecule has 0 bridgehead atoms. The van der Waals surface area contributed by atoms with Gasteiger partial charge in [0.15, 0.2) is 6.10 Å². The SMILES string of the molecule is CC/C=C\C/C=C\C/C=C\CCCCCCCC(=O)OC[C@H](COP(=O)(O)OC[C@@H](O)CO)OC(=O)CCCC(O)C(O)C/C=C\C/C=C\C/C=C\CCCCC. The van der Waals surface area contributed by atoms with Gasteiger partial charge in [-0.3, -0.25) is 18.6 Å². The summed E-state index contributed by atoms with van der Waals surface area (Å²) in [7, 11) is -4.71. The third-order valence-electron chi connectivity index (χ3n) is 8.55. The number of phosphoric acid groups is 1. The lowest BCUT2D eigenvalue weighted by molar-refractivity contribution is -0.161. The van der Waals surface area contributed by atoms with Gasteiger partial charge >= 0.3 is 19.8 Å². The molecule has 0 heterocycles. The summed E-state index contributed by atoms with van der Waals surface area (Å²) >= 11 is 0. The molecular formula is C44H75O12P. The standard InChI is InChI=1S/C44H75O12P/c1-3-5-7-9-11-13-15-17-18-19-21-23-25-27-29-33-43(49)53-37-40(38-55-57(51,52)54-36-39(46)35-45)56-44(50)34-30-32-42(48)41(47)31-28-26-24-22-20-16-14-12-10-8-6-4-2/h5,7,11-14,17-18,20,22,26,28,39-42,45-48H,3-4,6,8-10,15-16,19,21,23-25,27,29-38H2,1-2H3,(H,51,52)/b7-5-,13-11-,14-12-,18-17-,22-20-,28-26-/t39-,40+,41?,42?/m0/s1. The van der Waals surface area contributed by atoms with Crippen LogP contribution in [0.3, 0.4) is 0 Å². The van der Waals surface area contributed by atoms with Gasteiger partial charge in [0, 0.05) is 12.8 Å². The smallest absolute Gasteiger partial charge is 0.462 e. The molecule has 3 unspecified atom stereocenters. The molecule has 12 nitrogen and oxygen atoms in total. The van der Waals surface area contributed by atoms with Gasteiger partial charge in [-0.25, -0.2) is 4.57 Å². The first-order valence-corrected chi connectivity index (χ1v) is 22.6. The summed E-state index contributed by atoms with van der Waals surface area (Å²) in [6.07, 6.45) is 36.1. The Balaban J connectivity index is 4.61. The van der Waals surface area contributed by atoms with Crippen molar-refractivity contribution in [2.75, 3.05) is 26.4 Å². The molecule has 328 valence electrons. The molecule has 0 radical (unpaired) electrons. The lowest BCUT2D eigenvalue weighted by atomic mass is 10.0. The Kier molecular flexibility index (Phi) is 37.0. The van der Waals surface area contributed by atoms with E-state index in [0.717, 1.165) is 70.6 Å². The molecule has 13 heteroatoms. The molecule has 57 heavy (non-hydrogen) atoms. The monoisotopic (exact) mass is 826 g/mol. The van der Waals surface area contributed by atoms with Gasteiger partial charge in [-0.15, -0.1) is 0 Å². The van der Waals surface area contributed by atoms with Crippen molar-refractivity contribution in [3.05, 3.63) is 72.9 Å². The predicted molar refractivity (Wildman–Crippen MR) is 226 cm³/mol. The Morgan fingerprint density at radius 1 is 0.596 bits per heavy atom. The molecule has 0 aliphatic rings. The molecule has 5 N–H and O–H groups in total. The number of aliphatic hydroxyl groups excluding tert-OH is 4. The molecule has 5 atom stereocenters. The molecule has 0 rings (SSSR count). The number of allylic oxidation sites excluding steroid dienone is 11. The number of hydrogen-bond acceptors (Lipinski definition) is 11. The second-order valence-corrected chi connectivity index (χ2v) is 15.4. The maximum absolute atomic E-state index is 12.6. The molecule has 0 spiro atoms. The number of phosphoric ester groups is 1. The van der Waals surface area contributed by atoms with Crippen molar-refractivity contribution in [1.29, 1.82) is 0 Å². The summed E-state index contributed by atoms with van der Waals surface area (Å²) in [5.74, 6) is -1.24. The summed E-state index contributed by atoms with van der Waals surface area (Å²) in [6, 6.07) is 0. The van der Waals surface area contributed by atoms with Crippen molar-refractivity contribution in [2.24, 2.45) is 0 Å². The van der Waals surface area contributed by atoms with E-state index in [-0.39, 0.29) is 32.1 Å². The Labute approximate surface area is 343 Å². The lowest BCUT2D eigenvalue weighted by Crippen LogP contribution is -2.30. The number of hydrogen-bond donors (Lipinski definition) is 5. The van der Waals surface area contributed by atoms with Crippen LogP contribution in [0.2, 0.25) is 0 Å². The zero-order valence-corrected chi connectivity index (χ0v) is 35.6. The van der Waals surface area contributed by atoms with Crippen LogP contribution < -0.4 is 0 Å². The van der Waals surface area contributed by atoms with Crippen LogP contribution in [0.15, 0.2) is 72.9 Å². The summed E-state index contributed by atoms with van der Waals surface area (Å²) in [4.78, 5) is 35.0. The quantitative estimate of drug-likeness (QED) is 0.0172. The minimum absolute atomic E-state index is 0.128. The van der Waals surface area contributed by atoms with Crippen LogP contribution >= 0.6 is 7.82 Å². The normalized spacial score (nSPS) is 15.7. The van der Waals surface area contributed by atoms with Crippen LogP contribution in [0.4, 0.5) is 0 Å². The summed E-state index contributed by atoms with van der Waals surface area (Å²) in [6.45, 7) is 1.86. The van der Waals surface area contributed by atoms with Gasteiger partial charge in [0.2, 0.25) is 0 Å². The fourth-order valence-corrected chi connectivity index (χ4v) is 5.96. The number of carbonyl (C=O) groups excluding carboxylic acids is 2. The van der Waals surface area contributed by atoms with Gasteiger partial charge in [0.05, 0.1) is 32.0 Å². The fourth-order valence-electron chi connectivity index (χ4n) is 5.17. The second kappa shape index (κ2) is 38.8. The zero-order chi connectivity index (χ0) is 42.2. The second-order valence-electron chi connectivity index (χ2n) is 13.9. The minimum Gasteiger partial charge on any atom is -0.462 e. The van der Waals surface area contributed by atoms with E-state index in [1.165, 1.54) is 19.3 Å². The Morgan fingerprint density at radius 3 is 1.74 bits per heavy atom. The molecule has 0 saturated heterocycles. The van der Waals surface area contributed by atoms with Gasteiger partial charge in [-0.1, -0.05) is 119 Å². The van der Waals surface area contributed by atoms with Gasteiger partial charge in [-0.2, -0.15) is 0 Å². The predicted octanol–water partition coefficient (Wildman–Crippen LogP) is 8.83. The van der Waals surface area contributed by atoms with Crippen molar-refractivity contribution in [1.82, 2.24) is 0 Å². The van der Waals surface area contributed by atoms with Crippen LogP contribution in [0, 0.1) is 0 Å². The number of rotatable bonds is 38. The van der Waals surface area contributed by atoms with Crippen molar-refractivity contribution in [3.63, 3.8) is 0 Å². The average Bonchev–Trinajstić information content (AvgIpc) is 3.19. The molecule has 0 aromatic carbocycles. The number of esters is 2. The van der Waals surface area contributed by atoms with Crippen molar-refractivity contribution in [3.8, 4) is 0 Å². The highest BCUT2D eigenvalue weighted by Crippen LogP contribution is 2.43. The lowest BCUT2D eigenvalue weighted by Gasteiger charge is -2.20. The first kappa shape index (κ1) is 54.3. The summed E-state index contributed by atoms with van der Waals surface area (Å²) in [5.41, 5.74) is 0. The third kappa shape index (κ3) is 37.4. The Bertz CT molecular complexity index is 1210.